The minimum Gasteiger partial charge on any atom is -0.339 e. The summed E-state index contributed by atoms with van der Waals surface area (Å²) in [5.41, 5.74) is 4.13. The molecule has 0 radical (unpaired) electrons. The third kappa shape index (κ3) is 2.35. The van der Waals surface area contributed by atoms with E-state index in [1.54, 1.807) is 0 Å². The zero-order valence-electron chi connectivity index (χ0n) is 15.1. The van der Waals surface area contributed by atoms with Gasteiger partial charge in [-0.25, -0.2) is 4.98 Å². The molecule has 1 N–H and O–H groups in total. The van der Waals surface area contributed by atoms with Crippen molar-refractivity contribution in [2.45, 2.75) is 39.7 Å². The predicted molar refractivity (Wildman–Crippen MR) is 96.5 cm³/mol. The normalized spacial score (nSPS) is 17.6. The van der Waals surface area contributed by atoms with Gasteiger partial charge in [0.25, 0.3) is 5.91 Å². The average molecular weight is 337 g/mol. The second-order valence-corrected chi connectivity index (χ2v) is 6.94. The Kier molecular flexibility index (Phi) is 3.63. The van der Waals surface area contributed by atoms with E-state index in [1.165, 1.54) is 5.56 Å². The van der Waals surface area contributed by atoms with Crippen LogP contribution in [-0.4, -0.2) is 37.1 Å². The highest BCUT2D eigenvalue weighted by Gasteiger charge is 2.35. The molecule has 0 saturated carbocycles. The Bertz CT molecular complexity index is 968. The zero-order valence-corrected chi connectivity index (χ0v) is 15.1. The van der Waals surface area contributed by atoms with Crippen molar-refractivity contribution in [3.05, 3.63) is 46.7 Å². The number of benzene rings is 1. The molecule has 0 aliphatic carbocycles. The van der Waals surface area contributed by atoms with Gasteiger partial charge in [0.1, 0.15) is 11.5 Å². The molecule has 3 aromatic rings. The fourth-order valence-electron chi connectivity index (χ4n) is 4.12. The van der Waals surface area contributed by atoms with Crippen LogP contribution in [0.2, 0.25) is 0 Å². The molecule has 6 heteroatoms. The zero-order chi connectivity index (χ0) is 17.7. The average Bonchev–Trinajstić information content (AvgIpc) is 3.27. The number of aromatic amines is 1. The van der Waals surface area contributed by atoms with Crippen LogP contribution in [0.15, 0.2) is 18.2 Å². The Morgan fingerprint density at radius 3 is 2.76 bits per heavy atom. The lowest BCUT2D eigenvalue weighted by molar-refractivity contribution is 0.0720. The summed E-state index contributed by atoms with van der Waals surface area (Å²) in [6.07, 6.45) is 1.89. The van der Waals surface area contributed by atoms with E-state index in [0.717, 1.165) is 53.2 Å². The van der Waals surface area contributed by atoms with Crippen LogP contribution in [0.25, 0.3) is 10.9 Å². The van der Waals surface area contributed by atoms with Crippen molar-refractivity contribution in [3.63, 3.8) is 0 Å². The van der Waals surface area contributed by atoms with Gasteiger partial charge in [0, 0.05) is 19.0 Å². The van der Waals surface area contributed by atoms with Crippen LogP contribution < -0.4 is 0 Å². The first kappa shape index (κ1) is 15.9. The summed E-state index contributed by atoms with van der Waals surface area (Å²) in [6.45, 7) is 6.76. The molecule has 0 unspecified atom stereocenters. The second-order valence-electron chi connectivity index (χ2n) is 6.94. The lowest BCUT2D eigenvalue weighted by Gasteiger charge is -2.23. The standard InChI is InChI=1S/C19H23N5O/c1-11-7-5-8-14-12(2)17(23(4)16(11)14)19(25)24-10-6-9-15(24)18-20-13(3)21-22-18/h5,7-8,15H,6,9-10H2,1-4H3,(H,20,21,22)/t15-/m0/s1. The summed E-state index contributed by atoms with van der Waals surface area (Å²) >= 11 is 0. The van der Waals surface area contributed by atoms with E-state index in [-0.39, 0.29) is 11.9 Å². The summed E-state index contributed by atoms with van der Waals surface area (Å²) < 4.78 is 2.04. The fourth-order valence-corrected chi connectivity index (χ4v) is 4.12. The van der Waals surface area contributed by atoms with Crippen LogP contribution in [0.4, 0.5) is 0 Å². The lowest BCUT2D eigenvalue weighted by atomic mass is 10.1. The summed E-state index contributed by atoms with van der Waals surface area (Å²) in [6, 6.07) is 6.18. The van der Waals surface area contributed by atoms with E-state index in [9.17, 15) is 4.79 Å². The molecule has 130 valence electrons. The molecule has 1 aromatic carbocycles. The molecular weight excluding hydrogens is 314 g/mol. The number of likely N-dealkylation sites (tertiary alicyclic amines) is 1. The van der Waals surface area contributed by atoms with Crippen molar-refractivity contribution in [2.75, 3.05) is 6.54 Å². The molecule has 0 spiro atoms. The summed E-state index contributed by atoms with van der Waals surface area (Å²) in [4.78, 5) is 19.8. The van der Waals surface area contributed by atoms with Crippen molar-refractivity contribution in [2.24, 2.45) is 7.05 Å². The van der Waals surface area contributed by atoms with Gasteiger partial charge in [-0.1, -0.05) is 18.2 Å². The number of aromatic nitrogens is 4. The van der Waals surface area contributed by atoms with Gasteiger partial charge in [0.05, 0.1) is 11.6 Å². The monoisotopic (exact) mass is 337 g/mol. The van der Waals surface area contributed by atoms with Gasteiger partial charge >= 0.3 is 0 Å². The van der Waals surface area contributed by atoms with Crippen molar-refractivity contribution < 1.29 is 4.79 Å². The van der Waals surface area contributed by atoms with E-state index >= 15 is 0 Å². The van der Waals surface area contributed by atoms with Crippen LogP contribution >= 0.6 is 0 Å². The first-order valence-corrected chi connectivity index (χ1v) is 8.73. The van der Waals surface area contributed by atoms with Gasteiger partial charge in [-0.3, -0.25) is 9.89 Å². The van der Waals surface area contributed by atoms with Crippen molar-refractivity contribution in [1.82, 2.24) is 24.6 Å². The smallest absolute Gasteiger partial charge is 0.271 e. The molecule has 1 aliphatic rings. The summed E-state index contributed by atoms with van der Waals surface area (Å²) in [7, 11) is 1.98. The third-order valence-electron chi connectivity index (χ3n) is 5.30. The van der Waals surface area contributed by atoms with E-state index in [2.05, 4.69) is 34.2 Å². The number of carbonyl (C=O) groups excluding carboxylic acids is 1. The number of hydrogen-bond acceptors (Lipinski definition) is 3. The van der Waals surface area contributed by atoms with E-state index in [0.29, 0.717) is 0 Å². The van der Waals surface area contributed by atoms with Gasteiger partial charge < -0.3 is 9.47 Å². The Morgan fingerprint density at radius 1 is 1.28 bits per heavy atom. The first-order chi connectivity index (χ1) is 12.0. The lowest BCUT2D eigenvalue weighted by Crippen LogP contribution is -2.32. The number of H-pyrrole nitrogens is 1. The van der Waals surface area contributed by atoms with Gasteiger partial charge in [-0.2, -0.15) is 5.10 Å². The van der Waals surface area contributed by atoms with Gasteiger partial charge in [0.2, 0.25) is 0 Å². The molecule has 25 heavy (non-hydrogen) atoms. The van der Waals surface area contributed by atoms with Crippen LogP contribution in [-0.2, 0) is 7.05 Å². The fraction of sp³-hybridized carbons (Fsp3) is 0.421. The van der Waals surface area contributed by atoms with Gasteiger partial charge in [0.15, 0.2) is 5.82 Å². The van der Waals surface area contributed by atoms with Gasteiger partial charge in [-0.05, 0) is 44.7 Å². The minimum atomic E-state index is -0.0454. The number of rotatable bonds is 2. The number of carbonyl (C=O) groups is 1. The quantitative estimate of drug-likeness (QED) is 0.781. The Hall–Kier alpha value is -2.63. The molecule has 0 bridgehead atoms. The second kappa shape index (κ2) is 5.72. The van der Waals surface area contributed by atoms with Crippen molar-refractivity contribution in [3.8, 4) is 0 Å². The molecular formula is C19H23N5O. The van der Waals surface area contributed by atoms with E-state index in [4.69, 9.17) is 0 Å². The highest BCUT2D eigenvalue weighted by Crippen LogP contribution is 2.34. The van der Waals surface area contributed by atoms with Crippen molar-refractivity contribution >= 4 is 16.8 Å². The summed E-state index contributed by atoms with van der Waals surface area (Å²) in [5.74, 6) is 1.57. The van der Waals surface area contributed by atoms with Gasteiger partial charge in [-0.15, -0.1) is 0 Å². The molecule has 1 amide bonds. The molecule has 4 rings (SSSR count). The number of nitrogens with one attached hydrogen (secondary N) is 1. The molecule has 1 saturated heterocycles. The number of fused-ring (bicyclic) bond motifs is 1. The highest BCUT2D eigenvalue weighted by atomic mass is 16.2. The summed E-state index contributed by atoms with van der Waals surface area (Å²) in [5, 5.41) is 8.33. The maximum absolute atomic E-state index is 13.4. The Labute approximate surface area is 146 Å². The third-order valence-corrected chi connectivity index (χ3v) is 5.30. The molecule has 6 nitrogen and oxygen atoms in total. The minimum absolute atomic E-state index is 0.0454. The molecule has 1 aliphatic heterocycles. The SMILES string of the molecule is Cc1nc([C@@H]2CCCN2C(=O)c2c(C)c3cccc(C)c3n2C)n[nH]1. The number of hydrogen-bond donors (Lipinski definition) is 1. The first-order valence-electron chi connectivity index (χ1n) is 8.73. The largest absolute Gasteiger partial charge is 0.339 e. The number of nitrogens with zero attached hydrogens (tertiary/aromatic N) is 4. The molecule has 1 atom stereocenters. The Morgan fingerprint density at radius 2 is 2.08 bits per heavy atom. The number of amides is 1. The molecule has 2 aromatic heterocycles. The van der Waals surface area contributed by atoms with Crippen molar-refractivity contribution in [1.29, 1.82) is 0 Å². The van der Waals surface area contributed by atoms with E-state index in [1.807, 2.05) is 36.4 Å². The van der Waals surface area contributed by atoms with Crippen LogP contribution in [0.3, 0.4) is 0 Å². The number of aryl methyl sites for hydroxylation is 4. The molecule has 1 fully saturated rings. The van der Waals surface area contributed by atoms with E-state index < -0.39 is 0 Å². The molecule has 3 heterocycles. The highest BCUT2D eigenvalue weighted by molar-refractivity contribution is 6.02. The Balaban J connectivity index is 1.78. The van der Waals surface area contributed by atoms with Crippen LogP contribution in [0.5, 0.6) is 0 Å². The number of para-hydroxylation sites is 1. The van der Waals surface area contributed by atoms with Crippen LogP contribution in [0, 0.1) is 20.8 Å². The topological polar surface area (TPSA) is 66.8 Å². The van der Waals surface area contributed by atoms with Crippen LogP contribution in [0.1, 0.15) is 52.1 Å². The predicted octanol–water partition coefficient (Wildman–Crippen LogP) is 3.20. The maximum Gasteiger partial charge on any atom is 0.271 e. The maximum atomic E-state index is 13.4.